The average molecular weight is 394 g/mol. The monoisotopic (exact) mass is 393 g/mol. The van der Waals surface area contributed by atoms with Gasteiger partial charge in [0.15, 0.2) is 0 Å². The first-order valence-electron chi connectivity index (χ1n) is 8.44. The van der Waals surface area contributed by atoms with Gasteiger partial charge in [0.25, 0.3) is 5.91 Å². The maximum absolute atomic E-state index is 12.8. The molecule has 1 saturated heterocycles. The van der Waals surface area contributed by atoms with E-state index in [1.54, 1.807) is 36.2 Å². The highest BCUT2D eigenvalue weighted by atomic mass is 32.2. The van der Waals surface area contributed by atoms with Gasteiger partial charge in [0.1, 0.15) is 0 Å². The van der Waals surface area contributed by atoms with Gasteiger partial charge >= 0.3 is 0 Å². The second kappa shape index (κ2) is 7.48. The molecule has 2 aromatic rings. The number of amides is 1. The number of carbonyl (C=O) groups excluding carboxylic acids is 1. The van der Waals surface area contributed by atoms with Crippen LogP contribution in [-0.2, 0) is 16.6 Å². The van der Waals surface area contributed by atoms with E-state index in [-0.39, 0.29) is 10.8 Å². The third-order valence-corrected chi connectivity index (χ3v) is 6.69. The molecule has 0 aliphatic carbocycles. The molecule has 3 rings (SSSR count). The molecule has 1 aliphatic heterocycles. The number of carbonyl (C=O) groups is 1. The van der Waals surface area contributed by atoms with Crippen LogP contribution in [-0.4, -0.2) is 50.3 Å². The normalized spacial score (nSPS) is 16.0. The van der Waals surface area contributed by atoms with Crippen molar-refractivity contribution < 1.29 is 13.2 Å². The molecule has 0 radical (unpaired) electrons. The summed E-state index contributed by atoms with van der Waals surface area (Å²) in [7, 11) is -3.86. The Labute approximate surface area is 158 Å². The van der Waals surface area contributed by atoms with Crippen molar-refractivity contribution in [2.45, 2.75) is 25.3 Å². The second-order valence-electron chi connectivity index (χ2n) is 6.61. The summed E-state index contributed by atoms with van der Waals surface area (Å²) < 4.78 is 23.6. The number of rotatable bonds is 4. The van der Waals surface area contributed by atoms with E-state index in [4.69, 9.17) is 5.14 Å². The smallest absolute Gasteiger partial charge is 0.253 e. The van der Waals surface area contributed by atoms with Crippen LogP contribution in [0.4, 0.5) is 0 Å². The van der Waals surface area contributed by atoms with Gasteiger partial charge in [-0.1, -0.05) is 6.07 Å². The third-order valence-electron chi connectivity index (χ3n) is 4.79. The first-order chi connectivity index (χ1) is 12.3. The Balaban J connectivity index is 1.72. The Morgan fingerprint density at radius 3 is 2.46 bits per heavy atom. The van der Waals surface area contributed by atoms with Crippen LogP contribution in [0.25, 0.3) is 0 Å². The molecule has 1 fully saturated rings. The number of thiophene rings is 1. The molecule has 0 bridgehead atoms. The van der Waals surface area contributed by atoms with Gasteiger partial charge in [-0.05, 0) is 48.6 Å². The summed E-state index contributed by atoms with van der Waals surface area (Å²) in [4.78, 5) is 18.3. The van der Waals surface area contributed by atoms with Gasteiger partial charge in [-0.3, -0.25) is 9.69 Å². The highest BCUT2D eigenvalue weighted by molar-refractivity contribution is 7.89. The second-order valence-corrected chi connectivity index (χ2v) is 9.17. The van der Waals surface area contributed by atoms with Crippen LogP contribution in [0.15, 0.2) is 34.5 Å². The summed E-state index contributed by atoms with van der Waals surface area (Å²) in [6, 6.07) is 7.30. The molecule has 6 nitrogen and oxygen atoms in total. The van der Waals surface area contributed by atoms with Gasteiger partial charge in [-0.2, -0.15) is 0 Å². The van der Waals surface area contributed by atoms with E-state index in [1.165, 1.54) is 10.9 Å². The molecule has 2 heterocycles. The van der Waals surface area contributed by atoms with Crippen LogP contribution < -0.4 is 5.14 Å². The van der Waals surface area contributed by atoms with Gasteiger partial charge in [-0.15, -0.1) is 11.3 Å². The van der Waals surface area contributed by atoms with Crippen LogP contribution in [0, 0.1) is 13.8 Å². The topological polar surface area (TPSA) is 83.7 Å². The fourth-order valence-corrected chi connectivity index (χ4v) is 4.79. The number of aryl methyl sites for hydroxylation is 1. The first-order valence-corrected chi connectivity index (χ1v) is 10.9. The average Bonchev–Trinajstić information content (AvgIpc) is 3.09. The summed E-state index contributed by atoms with van der Waals surface area (Å²) >= 11 is 1.74. The van der Waals surface area contributed by atoms with E-state index in [2.05, 4.69) is 16.3 Å². The maximum Gasteiger partial charge on any atom is 0.253 e. The predicted molar refractivity (Wildman–Crippen MR) is 103 cm³/mol. The summed E-state index contributed by atoms with van der Waals surface area (Å²) in [5, 5.41) is 7.37. The minimum Gasteiger partial charge on any atom is -0.336 e. The fraction of sp³-hybridized carbons (Fsp3) is 0.389. The van der Waals surface area contributed by atoms with E-state index >= 15 is 0 Å². The van der Waals surface area contributed by atoms with Crippen molar-refractivity contribution in [2.24, 2.45) is 5.14 Å². The highest BCUT2D eigenvalue weighted by Crippen LogP contribution is 2.22. The van der Waals surface area contributed by atoms with Crippen molar-refractivity contribution in [1.82, 2.24) is 9.80 Å². The number of hydrogen-bond acceptors (Lipinski definition) is 5. The molecule has 0 atom stereocenters. The summed E-state index contributed by atoms with van der Waals surface area (Å²) in [6.07, 6.45) is 0. The standard InChI is InChI=1S/C18H23N3O3S2/c1-13-10-15(11-17(14(13)2)26(19,23)24)18(22)21-7-5-20(6-8-21)12-16-4-3-9-25-16/h3-4,9-11H,5-8,12H2,1-2H3,(H2,19,23,24). The van der Waals surface area contributed by atoms with Crippen molar-refractivity contribution in [3.05, 3.63) is 51.2 Å². The SMILES string of the molecule is Cc1cc(C(=O)N2CCN(Cc3cccs3)CC2)cc(S(N)(=O)=O)c1C. The van der Waals surface area contributed by atoms with Gasteiger partial charge in [0, 0.05) is 43.2 Å². The van der Waals surface area contributed by atoms with Crippen LogP contribution in [0.3, 0.4) is 0 Å². The maximum atomic E-state index is 12.8. The zero-order valence-electron chi connectivity index (χ0n) is 14.9. The van der Waals surface area contributed by atoms with Gasteiger partial charge in [0.2, 0.25) is 10.0 Å². The minimum atomic E-state index is -3.86. The number of hydrogen-bond donors (Lipinski definition) is 1. The third kappa shape index (κ3) is 4.15. The van der Waals surface area contributed by atoms with Crippen LogP contribution in [0.5, 0.6) is 0 Å². The largest absolute Gasteiger partial charge is 0.336 e. The fourth-order valence-electron chi connectivity index (χ4n) is 3.16. The lowest BCUT2D eigenvalue weighted by Crippen LogP contribution is -2.48. The lowest BCUT2D eigenvalue weighted by molar-refractivity contribution is 0.0629. The van der Waals surface area contributed by atoms with Gasteiger partial charge in [-0.25, -0.2) is 13.6 Å². The molecule has 0 spiro atoms. The molecule has 1 amide bonds. The summed E-state index contributed by atoms with van der Waals surface area (Å²) in [5.74, 6) is -0.145. The van der Waals surface area contributed by atoms with Crippen molar-refractivity contribution in [3.63, 3.8) is 0 Å². The van der Waals surface area contributed by atoms with Gasteiger partial charge in [0.05, 0.1) is 4.90 Å². The number of nitrogens with two attached hydrogens (primary N) is 1. The lowest BCUT2D eigenvalue weighted by atomic mass is 10.0. The zero-order chi connectivity index (χ0) is 18.9. The Kier molecular flexibility index (Phi) is 5.47. The van der Waals surface area contributed by atoms with Crippen molar-refractivity contribution in [1.29, 1.82) is 0 Å². The summed E-state index contributed by atoms with van der Waals surface area (Å²) in [5.41, 5.74) is 1.71. The van der Waals surface area contributed by atoms with E-state index in [0.717, 1.165) is 25.2 Å². The molecule has 1 aromatic heterocycles. The highest BCUT2D eigenvalue weighted by Gasteiger charge is 2.24. The number of piperazine rings is 1. The number of sulfonamides is 1. The molecule has 2 N–H and O–H groups in total. The molecule has 8 heteroatoms. The predicted octanol–water partition coefficient (Wildman–Crippen LogP) is 1.97. The molecular weight excluding hydrogens is 370 g/mol. The molecule has 140 valence electrons. The Morgan fingerprint density at radius 2 is 1.88 bits per heavy atom. The molecule has 0 saturated carbocycles. The molecule has 1 aliphatic rings. The quantitative estimate of drug-likeness (QED) is 0.861. The number of primary sulfonamides is 1. The first kappa shape index (κ1) is 19.0. The Hall–Kier alpha value is -1.74. The lowest BCUT2D eigenvalue weighted by Gasteiger charge is -2.34. The van der Waals surface area contributed by atoms with Crippen LogP contribution in [0.1, 0.15) is 26.4 Å². The molecule has 26 heavy (non-hydrogen) atoms. The molecule has 1 aromatic carbocycles. The van der Waals surface area contributed by atoms with E-state index < -0.39 is 10.0 Å². The molecule has 0 unspecified atom stereocenters. The van der Waals surface area contributed by atoms with E-state index in [9.17, 15) is 13.2 Å². The number of benzene rings is 1. The molecular formula is C18H23N3O3S2. The van der Waals surface area contributed by atoms with Crippen LogP contribution >= 0.6 is 11.3 Å². The van der Waals surface area contributed by atoms with E-state index in [1.807, 2.05) is 6.07 Å². The van der Waals surface area contributed by atoms with Crippen molar-refractivity contribution >= 4 is 27.3 Å². The number of nitrogens with zero attached hydrogens (tertiary/aromatic N) is 2. The Morgan fingerprint density at radius 1 is 1.19 bits per heavy atom. The van der Waals surface area contributed by atoms with Gasteiger partial charge < -0.3 is 4.90 Å². The summed E-state index contributed by atoms with van der Waals surface area (Å²) in [6.45, 7) is 7.25. The van der Waals surface area contributed by atoms with Crippen molar-refractivity contribution in [2.75, 3.05) is 26.2 Å². The Bertz CT molecular complexity index is 900. The van der Waals surface area contributed by atoms with Crippen molar-refractivity contribution in [3.8, 4) is 0 Å². The van der Waals surface area contributed by atoms with Crippen LogP contribution in [0.2, 0.25) is 0 Å². The zero-order valence-corrected chi connectivity index (χ0v) is 16.6. The minimum absolute atomic E-state index is 0.0252. The van der Waals surface area contributed by atoms with E-state index in [0.29, 0.717) is 24.2 Å².